The van der Waals surface area contributed by atoms with Gasteiger partial charge in [0.25, 0.3) is 0 Å². The highest BCUT2D eigenvalue weighted by molar-refractivity contribution is 5.29. The van der Waals surface area contributed by atoms with Gasteiger partial charge in [-0.2, -0.15) is 0 Å². The first-order valence-corrected chi connectivity index (χ1v) is 3.77. The SMILES string of the molecule is Cc1c[nH]c(C(C)C)c1C. The first kappa shape index (κ1) is 7.39. The van der Waals surface area contributed by atoms with Crippen LogP contribution in [0.25, 0.3) is 0 Å². The molecule has 1 heterocycles. The van der Waals surface area contributed by atoms with Gasteiger partial charge in [-0.05, 0) is 30.9 Å². The lowest BCUT2D eigenvalue weighted by atomic mass is 10.1. The van der Waals surface area contributed by atoms with Gasteiger partial charge >= 0.3 is 0 Å². The summed E-state index contributed by atoms with van der Waals surface area (Å²) >= 11 is 0. The van der Waals surface area contributed by atoms with E-state index < -0.39 is 0 Å². The average Bonchev–Trinajstić information content (AvgIpc) is 2.14. The maximum atomic E-state index is 3.27. The van der Waals surface area contributed by atoms with Gasteiger partial charge in [-0.1, -0.05) is 13.8 Å². The minimum absolute atomic E-state index is 0.619. The molecule has 10 heavy (non-hydrogen) atoms. The Balaban J connectivity index is 3.05. The Hall–Kier alpha value is -0.720. The summed E-state index contributed by atoms with van der Waals surface area (Å²) in [6.07, 6.45) is 2.07. The van der Waals surface area contributed by atoms with Crippen molar-refractivity contribution in [3.05, 3.63) is 23.0 Å². The van der Waals surface area contributed by atoms with Gasteiger partial charge in [-0.3, -0.25) is 0 Å². The fourth-order valence-corrected chi connectivity index (χ4v) is 1.21. The van der Waals surface area contributed by atoms with E-state index in [4.69, 9.17) is 0 Å². The molecule has 0 unspecified atom stereocenters. The Bertz CT molecular complexity index is 221. The molecule has 0 aliphatic carbocycles. The summed E-state index contributed by atoms with van der Waals surface area (Å²) in [5, 5.41) is 0. The zero-order valence-electron chi connectivity index (χ0n) is 7.15. The van der Waals surface area contributed by atoms with Crippen molar-refractivity contribution >= 4 is 0 Å². The Morgan fingerprint density at radius 1 is 1.30 bits per heavy atom. The Morgan fingerprint density at radius 3 is 2.10 bits per heavy atom. The topological polar surface area (TPSA) is 15.8 Å². The quantitative estimate of drug-likeness (QED) is 0.612. The highest BCUT2D eigenvalue weighted by atomic mass is 14.7. The maximum Gasteiger partial charge on any atom is 0.0205 e. The van der Waals surface area contributed by atoms with Crippen LogP contribution in [0.2, 0.25) is 0 Å². The minimum Gasteiger partial charge on any atom is -0.364 e. The van der Waals surface area contributed by atoms with Crippen molar-refractivity contribution in [3.63, 3.8) is 0 Å². The molecule has 0 aliphatic rings. The molecule has 0 saturated carbocycles. The van der Waals surface area contributed by atoms with Crippen LogP contribution in [0.5, 0.6) is 0 Å². The molecule has 0 radical (unpaired) electrons. The molecule has 1 rings (SSSR count). The molecule has 0 spiro atoms. The second kappa shape index (κ2) is 2.49. The third kappa shape index (κ3) is 1.08. The largest absolute Gasteiger partial charge is 0.364 e. The lowest BCUT2D eigenvalue weighted by molar-refractivity contribution is 0.824. The van der Waals surface area contributed by atoms with E-state index in [2.05, 4.69) is 38.9 Å². The number of H-pyrrole nitrogens is 1. The van der Waals surface area contributed by atoms with Gasteiger partial charge in [0.1, 0.15) is 0 Å². The van der Waals surface area contributed by atoms with Gasteiger partial charge in [0.05, 0.1) is 0 Å². The van der Waals surface area contributed by atoms with Gasteiger partial charge in [0.15, 0.2) is 0 Å². The van der Waals surface area contributed by atoms with E-state index >= 15 is 0 Å². The van der Waals surface area contributed by atoms with Gasteiger partial charge in [-0.25, -0.2) is 0 Å². The van der Waals surface area contributed by atoms with Crippen LogP contribution in [0, 0.1) is 13.8 Å². The monoisotopic (exact) mass is 137 g/mol. The van der Waals surface area contributed by atoms with Crippen molar-refractivity contribution < 1.29 is 0 Å². The molecule has 1 aromatic rings. The molecule has 1 nitrogen and oxygen atoms in total. The molecule has 0 fully saturated rings. The minimum atomic E-state index is 0.619. The molecule has 0 atom stereocenters. The molecule has 1 aromatic heterocycles. The molecule has 0 saturated heterocycles. The van der Waals surface area contributed by atoms with E-state index in [1.807, 2.05) is 0 Å². The summed E-state index contributed by atoms with van der Waals surface area (Å²) in [6.45, 7) is 8.72. The highest BCUT2D eigenvalue weighted by Gasteiger charge is 2.05. The molecule has 0 aromatic carbocycles. The van der Waals surface area contributed by atoms with Crippen molar-refractivity contribution in [2.75, 3.05) is 0 Å². The van der Waals surface area contributed by atoms with E-state index in [0.29, 0.717) is 5.92 Å². The number of hydrogen-bond acceptors (Lipinski definition) is 0. The van der Waals surface area contributed by atoms with Crippen LogP contribution in [0.15, 0.2) is 6.20 Å². The first-order valence-electron chi connectivity index (χ1n) is 3.77. The fraction of sp³-hybridized carbons (Fsp3) is 0.556. The van der Waals surface area contributed by atoms with Crippen LogP contribution in [0.3, 0.4) is 0 Å². The number of nitrogens with one attached hydrogen (secondary N) is 1. The van der Waals surface area contributed by atoms with Gasteiger partial charge < -0.3 is 4.98 Å². The third-order valence-electron chi connectivity index (χ3n) is 2.02. The molecule has 56 valence electrons. The molecule has 0 amide bonds. The van der Waals surface area contributed by atoms with Gasteiger partial charge in [0.2, 0.25) is 0 Å². The van der Waals surface area contributed by atoms with E-state index in [-0.39, 0.29) is 0 Å². The van der Waals surface area contributed by atoms with Crippen molar-refractivity contribution in [2.45, 2.75) is 33.6 Å². The third-order valence-corrected chi connectivity index (χ3v) is 2.02. The summed E-state index contributed by atoms with van der Waals surface area (Å²) in [4.78, 5) is 3.27. The van der Waals surface area contributed by atoms with E-state index in [9.17, 15) is 0 Å². The molecule has 0 aliphatic heterocycles. The summed E-state index contributed by atoms with van der Waals surface area (Å²) in [5.41, 5.74) is 4.15. The number of hydrogen-bond donors (Lipinski definition) is 1. The fourth-order valence-electron chi connectivity index (χ4n) is 1.21. The Kier molecular flexibility index (Phi) is 1.84. The highest BCUT2D eigenvalue weighted by Crippen LogP contribution is 2.19. The number of rotatable bonds is 1. The van der Waals surface area contributed by atoms with E-state index in [0.717, 1.165) is 0 Å². The number of aromatic amines is 1. The van der Waals surface area contributed by atoms with Crippen LogP contribution in [0.4, 0.5) is 0 Å². The van der Waals surface area contributed by atoms with Gasteiger partial charge in [0, 0.05) is 11.9 Å². The zero-order valence-corrected chi connectivity index (χ0v) is 7.15. The number of aromatic nitrogens is 1. The summed E-state index contributed by atoms with van der Waals surface area (Å²) in [6, 6.07) is 0. The smallest absolute Gasteiger partial charge is 0.0205 e. The first-order chi connectivity index (χ1) is 4.63. The molecule has 1 N–H and O–H groups in total. The van der Waals surface area contributed by atoms with E-state index in [1.54, 1.807) is 0 Å². The average molecular weight is 137 g/mol. The van der Waals surface area contributed by atoms with Gasteiger partial charge in [-0.15, -0.1) is 0 Å². The molecular weight excluding hydrogens is 122 g/mol. The van der Waals surface area contributed by atoms with Crippen molar-refractivity contribution in [3.8, 4) is 0 Å². The Labute approximate surface area is 62.5 Å². The van der Waals surface area contributed by atoms with Crippen LogP contribution < -0.4 is 0 Å². The zero-order chi connectivity index (χ0) is 7.72. The van der Waals surface area contributed by atoms with Crippen LogP contribution in [0.1, 0.15) is 36.6 Å². The van der Waals surface area contributed by atoms with Crippen LogP contribution in [-0.4, -0.2) is 4.98 Å². The van der Waals surface area contributed by atoms with Crippen molar-refractivity contribution in [2.24, 2.45) is 0 Å². The second-order valence-corrected chi connectivity index (χ2v) is 3.17. The summed E-state index contributed by atoms with van der Waals surface area (Å²) in [5.74, 6) is 0.619. The lowest BCUT2D eigenvalue weighted by Gasteiger charge is -2.02. The summed E-state index contributed by atoms with van der Waals surface area (Å²) in [7, 11) is 0. The van der Waals surface area contributed by atoms with E-state index in [1.165, 1.54) is 16.8 Å². The molecule has 0 bridgehead atoms. The normalized spacial score (nSPS) is 10.9. The van der Waals surface area contributed by atoms with Crippen molar-refractivity contribution in [1.82, 2.24) is 4.98 Å². The maximum absolute atomic E-state index is 3.27. The van der Waals surface area contributed by atoms with Crippen LogP contribution in [-0.2, 0) is 0 Å². The number of aryl methyl sites for hydroxylation is 1. The predicted octanol–water partition coefficient (Wildman–Crippen LogP) is 2.75. The molecular formula is C9H15N. The lowest BCUT2D eigenvalue weighted by Crippen LogP contribution is -1.89. The van der Waals surface area contributed by atoms with Crippen molar-refractivity contribution in [1.29, 1.82) is 0 Å². The predicted molar refractivity (Wildman–Crippen MR) is 44.4 cm³/mol. The molecule has 1 heteroatoms. The van der Waals surface area contributed by atoms with Crippen LogP contribution >= 0.6 is 0 Å². The summed E-state index contributed by atoms with van der Waals surface area (Å²) < 4.78 is 0. The second-order valence-electron chi connectivity index (χ2n) is 3.17. The Morgan fingerprint density at radius 2 is 1.90 bits per heavy atom. The standard InChI is InChI=1S/C9H15N/c1-6(2)9-8(4)7(3)5-10-9/h5-6,10H,1-4H3.